The van der Waals surface area contributed by atoms with Crippen molar-refractivity contribution in [3.8, 4) is 5.75 Å². The molecule has 4 N–H and O–H groups in total. The number of hydrogen-bond acceptors (Lipinski definition) is 8. The highest BCUT2D eigenvalue weighted by Gasteiger charge is 2.32. The number of aliphatic hydroxyl groups excluding tert-OH is 1. The number of fused-ring (bicyclic) bond motifs is 2. The van der Waals surface area contributed by atoms with Crippen LogP contribution in [0.3, 0.4) is 0 Å². The third-order valence-electron chi connectivity index (χ3n) is 8.83. The van der Waals surface area contributed by atoms with Gasteiger partial charge in [-0.3, -0.25) is 14.5 Å². The van der Waals surface area contributed by atoms with Crippen molar-refractivity contribution in [1.29, 1.82) is 0 Å². The molecule has 248 valence electrons. The molecule has 0 unspecified atom stereocenters. The van der Waals surface area contributed by atoms with E-state index >= 15 is 0 Å². The maximum atomic E-state index is 13.4. The van der Waals surface area contributed by atoms with Crippen molar-refractivity contribution >= 4 is 23.4 Å². The standard InChI is InChI=1S/C35H44N8O4/c1-34(2,3)27-17-28(39-30(38-27)31(45)36-21-15-20(16-21)19-44)40-33(46)37-25-12-13-26(24-10-8-7-9-23(24)25)47-22-11-14-29-41-42-32(35(4,5)6)43(29)18-22/h7-11,14,17-18,20-21,25-26,44H,12-13,15-16,19H2,1-6H3,(H,36,45)(H2,37,38,39,40,46)/t20?,21?,25-,26+/m0/s1. The molecule has 47 heavy (non-hydrogen) atoms. The second kappa shape index (κ2) is 12.6. The summed E-state index contributed by atoms with van der Waals surface area (Å²) >= 11 is 0. The van der Waals surface area contributed by atoms with Crippen LogP contribution in [-0.2, 0) is 10.8 Å². The van der Waals surface area contributed by atoms with Gasteiger partial charge >= 0.3 is 6.03 Å². The summed E-state index contributed by atoms with van der Waals surface area (Å²) in [6.45, 7) is 12.4. The molecule has 0 saturated heterocycles. The fourth-order valence-electron chi connectivity index (χ4n) is 6.20. The Morgan fingerprint density at radius 3 is 2.38 bits per heavy atom. The summed E-state index contributed by atoms with van der Waals surface area (Å²) < 4.78 is 8.51. The van der Waals surface area contributed by atoms with Crippen LogP contribution in [0, 0.1) is 5.92 Å². The molecule has 2 aliphatic carbocycles. The molecule has 3 amide bonds. The molecule has 12 heteroatoms. The largest absolute Gasteiger partial charge is 0.484 e. The first-order valence-corrected chi connectivity index (χ1v) is 16.3. The van der Waals surface area contributed by atoms with Crippen LogP contribution < -0.4 is 20.7 Å². The van der Waals surface area contributed by atoms with E-state index in [1.807, 2.05) is 67.8 Å². The van der Waals surface area contributed by atoms with E-state index in [4.69, 9.17) is 4.74 Å². The number of urea groups is 1. The Morgan fingerprint density at radius 1 is 0.936 bits per heavy atom. The van der Waals surface area contributed by atoms with Gasteiger partial charge in [0.1, 0.15) is 23.5 Å². The highest BCUT2D eigenvalue weighted by Crippen LogP contribution is 2.39. The van der Waals surface area contributed by atoms with Crippen LogP contribution in [0.15, 0.2) is 48.7 Å². The summed E-state index contributed by atoms with van der Waals surface area (Å²) in [6.07, 6.45) is 4.55. The van der Waals surface area contributed by atoms with E-state index < -0.39 is 11.9 Å². The van der Waals surface area contributed by atoms with Gasteiger partial charge in [-0.15, -0.1) is 10.2 Å². The molecule has 0 bridgehead atoms. The topological polar surface area (TPSA) is 156 Å². The van der Waals surface area contributed by atoms with Gasteiger partial charge in [0.2, 0.25) is 5.82 Å². The van der Waals surface area contributed by atoms with Gasteiger partial charge in [0.05, 0.1) is 17.9 Å². The maximum absolute atomic E-state index is 13.4. The summed E-state index contributed by atoms with van der Waals surface area (Å²) in [4.78, 5) is 35.3. The van der Waals surface area contributed by atoms with Crippen LogP contribution >= 0.6 is 0 Å². The van der Waals surface area contributed by atoms with Gasteiger partial charge in [-0.2, -0.15) is 0 Å². The van der Waals surface area contributed by atoms with E-state index in [9.17, 15) is 14.7 Å². The average molecular weight is 641 g/mol. The van der Waals surface area contributed by atoms with Gasteiger partial charge in [0.25, 0.3) is 5.91 Å². The molecule has 2 aliphatic rings. The Morgan fingerprint density at radius 2 is 1.68 bits per heavy atom. The van der Waals surface area contributed by atoms with E-state index in [2.05, 4.69) is 56.9 Å². The lowest BCUT2D eigenvalue weighted by Crippen LogP contribution is -2.46. The molecule has 2 atom stereocenters. The first kappa shape index (κ1) is 32.4. The Labute approximate surface area is 274 Å². The number of benzene rings is 1. The quantitative estimate of drug-likeness (QED) is 0.210. The molecule has 1 aromatic carbocycles. The predicted molar refractivity (Wildman–Crippen MR) is 177 cm³/mol. The van der Waals surface area contributed by atoms with Gasteiger partial charge in [0.15, 0.2) is 5.65 Å². The van der Waals surface area contributed by atoms with E-state index in [1.165, 1.54) is 0 Å². The maximum Gasteiger partial charge on any atom is 0.320 e. The Hall–Kier alpha value is -4.58. The average Bonchev–Trinajstić information content (AvgIpc) is 3.43. The summed E-state index contributed by atoms with van der Waals surface area (Å²) in [5.74, 6) is 1.64. The number of nitrogens with zero attached hydrogens (tertiary/aromatic N) is 5. The number of anilines is 1. The lowest BCUT2D eigenvalue weighted by Gasteiger charge is -2.34. The molecule has 1 fully saturated rings. The SMILES string of the molecule is CC(C)(C)c1cc(NC(=O)N[C@H]2CC[C@@H](Oc3ccc4nnc(C(C)(C)C)n4c3)c3ccccc32)nc(C(=O)NC2CC(CO)C2)n1. The van der Waals surface area contributed by atoms with Gasteiger partial charge in [-0.25, -0.2) is 14.8 Å². The van der Waals surface area contributed by atoms with E-state index in [0.29, 0.717) is 18.5 Å². The summed E-state index contributed by atoms with van der Waals surface area (Å²) in [5.41, 5.74) is 2.84. The Kier molecular flexibility index (Phi) is 8.64. The van der Waals surface area contributed by atoms with Crippen molar-refractivity contribution in [3.05, 3.63) is 77.1 Å². The van der Waals surface area contributed by atoms with Crippen molar-refractivity contribution in [2.24, 2.45) is 5.92 Å². The van der Waals surface area contributed by atoms with Crippen molar-refractivity contribution in [2.75, 3.05) is 11.9 Å². The number of nitrogens with one attached hydrogen (secondary N) is 3. The smallest absolute Gasteiger partial charge is 0.320 e. The lowest BCUT2D eigenvalue weighted by atomic mass is 9.81. The second-order valence-corrected chi connectivity index (χ2v) is 14.7. The van der Waals surface area contributed by atoms with Gasteiger partial charge in [-0.05, 0) is 54.9 Å². The number of aromatic nitrogens is 5. The zero-order valence-corrected chi connectivity index (χ0v) is 27.9. The first-order valence-electron chi connectivity index (χ1n) is 16.3. The van der Waals surface area contributed by atoms with Crippen molar-refractivity contribution in [1.82, 2.24) is 35.2 Å². The van der Waals surface area contributed by atoms with Crippen LogP contribution in [0.1, 0.15) is 113 Å². The molecule has 3 heterocycles. The molecule has 12 nitrogen and oxygen atoms in total. The molecular weight excluding hydrogens is 596 g/mol. The van der Waals surface area contributed by atoms with Crippen LogP contribution in [0.5, 0.6) is 5.75 Å². The second-order valence-electron chi connectivity index (χ2n) is 14.7. The fraction of sp³-hybridized carbons (Fsp3) is 0.486. The van der Waals surface area contributed by atoms with Crippen molar-refractivity contribution in [3.63, 3.8) is 0 Å². The molecule has 4 aromatic rings. The van der Waals surface area contributed by atoms with Crippen LogP contribution in [-0.4, -0.2) is 54.3 Å². The number of hydrogen-bond donors (Lipinski definition) is 4. The highest BCUT2D eigenvalue weighted by molar-refractivity contribution is 5.93. The van der Waals surface area contributed by atoms with E-state index in [1.54, 1.807) is 6.07 Å². The van der Waals surface area contributed by atoms with Crippen LogP contribution in [0.4, 0.5) is 10.6 Å². The number of pyridine rings is 1. The zero-order chi connectivity index (χ0) is 33.5. The third kappa shape index (κ3) is 7.07. The molecule has 6 rings (SSSR count). The van der Waals surface area contributed by atoms with Gasteiger partial charge < -0.3 is 20.5 Å². The Balaban J connectivity index is 1.16. The summed E-state index contributed by atoms with van der Waals surface area (Å²) in [6, 6.07) is 12.8. The van der Waals surface area contributed by atoms with Gasteiger partial charge in [-0.1, -0.05) is 65.8 Å². The number of carbonyl (C=O) groups is 2. The number of ether oxygens (including phenoxy) is 1. The molecule has 0 aliphatic heterocycles. The van der Waals surface area contributed by atoms with E-state index in [0.717, 1.165) is 41.2 Å². The van der Waals surface area contributed by atoms with E-state index in [-0.39, 0.29) is 53.2 Å². The number of amides is 3. The number of aliphatic hydroxyl groups is 1. The highest BCUT2D eigenvalue weighted by atomic mass is 16.5. The predicted octanol–water partition coefficient (Wildman–Crippen LogP) is 5.39. The number of rotatable bonds is 7. The molecule has 0 spiro atoms. The van der Waals surface area contributed by atoms with Crippen molar-refractivity contribution < 1.29 is 19.4 Å². The monoisotopic (exact) mass is 640 g/mol. The number of carbonyl (C=O) groups excluding carboxylic acids is 2. The van der Waals surface area contributed by atoms with Crippen molar-refractivity contribution in [2.45, 2.75) is 96.2 Å². The van der Waals surface area contributed by atoms with Crippen LogP contribution in [0.2, 0.25) is 0 Å². The van der Waals surface area contributed by atoms with Crippen LogP contribution in [0.25, 0.3) is 5.65 Å². The minimum atomic E-state index is -0.424. The minimum absolute atomic E-state index is 0.00228. The summed E-state index contributed by atoms with van der Waals surface area (Å²) in [5, 5.41) is 26.9. The summed E-state index contributed by atoms with van der Waals surface area (Å²) in [7, 11) is 0. The molecule has 3 aromatic heterocycles. The fourth-order valence-corrected chi connectivity index (χ4v) is 6.20. The minimum Gasteiger partial charge on any atom is -0.484 e. The first-order chi connectivity index (χ1) is 22.3. The van der Waals surface area contributed by atoms with Gasteiger partial charge in [0, 0.05) is 29.5 Å². The molecular formula is C35H44N8O4. The molecule has 1 saturated carbocycles. The normalized spacial score (nSPS) is 21.0. The lowest BCUT2D eigenvalue weighted by molar-refractivity contribution is 0.0822. The molecule has 0 radical (unpaired) electrons. The third-order valence-corrected chi connectivity index (χ3v) is 8.83. The Bertz CT molecular complexity index is 1780. The zero-order valence-electron chi connectivity index (χ0n) is 27.9.